The minimum absolute atomic E-state index is 0.0133. The monoisotopic (exact) mass is 249 g/mol. The third-order valence-electron chi connectivity index (χ3n) is 3.02. The quantitative estimate of drug-likeness (QED) is 0.833. The van der Waals surface area contributed by atoms with Gasteiger partial charge in [0.2, 0.25) is 0 Å². The number of hydrogen-bond acceptors (Lipinski definition) is 4. The fraction of sp³-hybridized carbons (Fsp3) is 0.500. The molecule has 0 amide bonds. The van der Waals surface area contributed by atoms with Crippen LogP contribution in [0.25, 0.3) is 0 Å². The standard InChI is InChI=1S/C14H19NO3/c1-9(2)13-10(11(16)8-15)4-5-12-14(13)18-7-3-6-17-12/h4-5,9H,3,6-8,15H2,1-2H3. The smallest absolute Gasteiger partial charge is 0.176 e. The van der Waals surface area contributed by atoms with Crippen LogP contribution in [0.5, 0.6) is 11.5 Å². The lowest BCUT2D eigenvalue weighted by Crippen LogP contribution is -2.17. The van der Waals surface area contributed by atoms with Crippen LogP contribution in [-0.4, -0.2) is 25.5 Å². The summed E-state index contributed by atoms with van der Waals surface area (Å²) >= 11 is 0. The summed E-state index contributed by atoms with van der Waals surface area (Å²) in [5.74, 6) is 1.56. The highest BCUT2D eigenvalue weighted by molar-refractivity contribution is 6.00. The summed E-state index contributed by atoms with van der Waals surface area (Å²) in [6, 6.07) is 3.59. The molecule has 0 spiro atoms. The SMILES string of the molecule is CC(C)c1c(C(=O)CN)ccc2c1OCCCO2. The van der Waals surface area contributed by atoms with E-state index < -0.39 is 0 Å². The molecule has 2 rings (SSSR count). The summed E-state index contributed by atoms with van der Waals surface area (Å²) in [4.78, 5) is 11.9. The molecular formula is C14H19NO3. The van der Waals surface area contributed by atoms with E-state index in [4.69, 9.17) is 15.2 Å². The summed E-state index contributed by atoms with van der Waals surface area (Å²) in [7, 11) is 0. The minimum Gasteiger partial charge on any atom is -0.490 e. The Balaban J connectivity index is 2.56. The molecule has 0 saturated heterocycles. The van der Waals surface area contributed by atoms with Crippen LogP contribution in [0.15, 0.2) is 12.1 Å². The minimum atomic E-state index is -0.0608. The van der Waals surface area contributed by atoms with Crippen molar-refractivity contribution in [1.29, 1.82) is 0 Å². The molecule has 1 aromatic rings. The average molecular weight is 249 g/mol. The molecule has 2 N–H and O–H groups in total. The maximum absolute atomic E-state index is 11.9. The summed E-state index contributed by atoms with van der Waals surface area (Å²) in [6.07, 6.45) is 0.854. The number of ether oxygens (including phenoxy) is 2. The molecule has 0 unspecified atom stereocenters. The van der Waals surface area contributed by atoms with E-state index >= 15 is 0 Å². The molecule has 0 aliphatic carbocycles. The maximum Gasteiger partial charge on any atom is 0.176 e. The van der Waals surface area contributed by atoms with E-state index in [1.165, 1.54) is 0 Å². The van der Waals surface area contributed by atoms with E-state index in [0.717, 1.165) is 17.7 Å². The predicted molar refractivity (Wildman–Crippen MR) is 69.5 cm³/mol. The molecule has 18 heavy (non-hydrogen) atoms. The van der Waals surface area contributed by atoms with Crippen LogP contribution >= 0.6 is 0 Å². The van der Waals surface area contributed by atoms with Gasteiger partial charge in [0.25, 0.3) is 0 Å². The zero-order valence-corrected chi connectivity index (χ0v) is 10.9. The molecule has 0 radical (unpaired) electrons. The molecule has 4 heteroatoms. The molecule has 1 aliphatic heterocycles. The maximum atomic E-state index is 11.9. The molecule has 0 saturated carbocycles. The summed E-state index contributed by atoms with van der Waals surface area (Å²) in [6.45, 7) is 5.36. The van der Waals surface area contributed by atoms with Crippen LogP contribution in [0, 0.1) is 0 Å². The first kappa shape index (κ1) is 12.9. The van der Waals surface area contributed by atoms with Gasteiger partial charge in [0.1, 0.15) is 0 Å². The van der Waals surface area contributed by atoms with Crippen molar-refractivity contribution < 1.29 is 14.3 Å². The Labute approximate surface area is 107 Å². The lowest BCUT2D eigenvalue weighted by molar-refractivity contribution is 0.0999. The Morgan fingerprint density at radius 3 is 2.72 bits per heavy atom. The van der Waals surface area contributed by atoms with Gasteiger partial charge in [0, 0.05) is 17.5 Å². The lowest BCUT2D eigenvalue weighted by Gasteiger charge is -2.18. The first-order chi connectivity index (χ1) is 8.65. The van der Waals surface area contributed by atoms with Gasteiger partial charge in [-0.2, -0.15) is 0 Å². The highest BCUT2D eigenvalue weighted by Gasteiger charge is 2.23. The summed E-state index contributed by atoms with van der Waals surface area (Å²) < 4.78 is 11.4. The van der Waals surface area contributed by atoms with Crippen LogP contribution < -0.4 is 15.2 Å². The van der Waals surface area contributed by atoms with Crippen LogP contribution in [0.4, 0.5) is 0 Å². The third-order valence-corrected chi connectivity index (χ3v) is 3.02. The van der Waals surface area contributed by atoms with E-state index in [9.17, 15) is 4.79 Å². The molecule has 1 aromatic carbocycles. The Kier molecular flexibility index (Phi) is 3.87. The van der Waals surface area contributed by atoms with Crippen LogP contribution in [0.1, 0.15) is 42.1 Å². The number of benzene rings is 1. The number of Topliss-reactive ketones (excluding diaryl/α,β-unsaturated/α-hetero) is 1. The van der Waals surface area contributed by atoms with Gasteiger partial charge >= 0.3 is 0 Å². The fourth-order valence-electron chi connectivity index (χ4n) is 2.18. The Morgan fingerprint density at radius 2 is 2.06 bits per heavy atom. The number of hydrogen-bond donors (Lipinski definition) is 1. The number of carbonyl (C=O) groups excluding carboxylic acids is 1. The van der Waals surface area contributed by atoms with E-state index in [2.05, 4.69) is 0 Å². The fourth-order valence-corrected chi connectivity index (χ4v) is 2.18. The summed E-state index contributed by atoms with van der Waals surface area (Å²) in [5.41, 5.74) is 7.02. The van der Waals surface area contributed by atoms with Gasteiger partial charge < -0.3 is 15.2 Å². The van der Waals surface area contributed by atoms with E-state index in [0.29, 0.717) is 24.5 Å². The largest absolute Gasteiger partial charge is 0.490 e. The van der Waals surface area contributed by atoms with E-state index in [1.54, 1.807) is 12.1 Å². The van der Waals surface area contributed by atoms with Gasteiger partial charge in [-0.1, -0.05) is 13.8 Å². The van der Waals surface area contributed by atoms with Gasteiger partial charge in [-0.15, -0.1) is 0 Å². The second kappa shape index (κ2) is 5.40. The average Bonchev–Trinajstić information content (AvgIpc) is 2.61. The van der Waals surface area contributed by atoms with Crippen molar-refractivity contribution in [2.75, 3.05) is 19.8 Å². The third kappa shape index (κ3) is 2.34. The summed E-state index contributed by atoms with van der Waals surface area (Å²) in [5, 5.41) is 0. The molecule has 0 bridgehead atoms. The first-order valence-electron chi connectivity index (χ1n) is 6.31. The normalized spacial score (nSPS) is 14.4. The first-order valence-corrected chi connectivity index (χ1v) is 6.31. The molecule has 4 nitrogen and oxygen atoms in total. The number of ketones is 1. The topological polar surface area (TPSA) is 61.6 Å². The van der Waals surface area contributed by atoms with Gasteiger partial charge in [-0.25, -0.2) is 0 Å². The van der Waals surface area contributed by atoms with Crippen LogP contribution in [0.3, 0.4) is 0 Å². The predicted octanol–water partition coefficient (Wildman–Crippen LogP) is 2.11. The Hall–Kier alpha value is -1.55. The molecule has 0 fully saturated rings. The van der Waals surface area contributed by atoms with Gasteiger partial charge in [-0.3, -0.25) is 4.79 Å². The zero-order chi connectivity index (χ0) is 13.1. The lowest BCUT2D eigenvalue weighted by atomic mass is 9.93. The number of fused-ring (bicyclic) bond motifs is 1. The van der Waals surface area contributed by atoms with Crippen molar-refractivity contribution in [3.8, 4) is 11.5 Å². The van der Waals surface area contributed by atoms with E-state index in [1.807, 2.05) is 13.8 Å². The molecule has 0 atom stereocenters. The second-order valence-electron chi connectivity index (χ2n) is 4.69. The molecule has 1 heterocycles. The van der Waals surface area contributed by atoms with Crippen molar-refractivity contribution >= 4 is 5.78 Å². The molecule has 0 aromatic heterocycles. The number of nitrogens with two attached hydrogens (primary N) is 1. The number of rotatable bonds is 3. The molecule has 1 aliphatic rings. The van der Waals surface area contributed by atoms with Gasteiger partial charge in [-0.05, 0) is 18.1 Å². The van der Waals surface area contributed by atoms with Crippen LogP contribution in [0.2, 0.25) is 0 Å². The molecule has 98 valence electrons. The van der Waals surface area contributed by atoms with Crippen molar-refractivity contribution in [3.63, 3.8) is 0 Å². The van der Waals surface area contributed by atoms with Crippen molar-refractivity contribution in [2.45, 2.75) is 26.2 Å². The molecular weight excluding hydrogens is 230 g/mol. The van der Waals surface area contributed by atoms with Crippen LogP contribution in [-0.2, 0) is 0 Å². The Morgan fingerprint density at radius 1 is 1.33 bits per heavy atom. The van der Waals surface area contributed by atoms with Gasteiger partial charge in [0.15, 0.2) is 17.3 Å². The number of carbonyl (C=O) groups is 1. The Bertz CT molecular complexity index is 455. The highest BCUT2D eigenvalue weighted by atomic mass is 16.5. The highest BCUT2D eigenvalue weighted by Crippen LogP contribution is 2.39. The van der Waals surface area contributed by atoms with Crippen molar-refractivity contribution in [1.82, 2.24) is 0 Å². The van der Waals surface area contributed by atoms with Gasteiger partial charge in [0.05, 0.1) is 19.8 Å². The zero-order valence-electron chi connectivity index (χ0n) is 10.9. The van der Waals surface area contributed by atoms with Crippen molar-refractivity contribution in [2.24, 2.45) is 5.73 Å². The van der Waals surface area contributed by atoms with E-state index in [-0.39, 0.29) is 18.2 Å². The second-order valence-corrected chi connectivity index (χ2v) is 4.69. The van der Waals surface area contributed by atoms with Crippen molar-refractivity contribution in [3.05, 3.63) is 23.3 Å².